The van der Waals surface area contributed by atoms with Crippen molar-refractivity contribution in [1.82, 2.24) is 0 Å². The molecular weight excluding hydrogens is 302 g/mol. The van der Waals surface area contributed by atoms with Gasteiger partial charge in [-0.3, -0.25) is 0 Å². The van der Waals surface area contributed by atoms with Crippen LogP contribution in [0.25, 0.3) is 0 Å². The number of nitrogens with one attached hydrogen (secondary N) is 1. The van der Waals surface area contributed by atoms with Gasteiger partial charge >= 0.3 is 17.9 Å². The lowest BCUT2D eigenvalue weighted by molar-refractivity contribution is -0.222. The molecule has 0 atom stereocenters. The van der Waals surface area contributed by atoms with Crippen molar-refractivity contribution >= 4 is 23.6 Å². The zero-order valence-corrected chi connectivity index (χ0v) is 13.0. The van der Waals surface area contributed by atoms with E-state index < -0.39 is 23.7 Å². The fourth-order valence-electron chi connectivity index (χ4n) is 1.92. The third-order valence-corrected chi connectivity index (χ3v) is 2.91. The molecule has 1 aliphatic rings. The van der Waals surface area contributed by atoms with Crippen LogP contribution >= 0.6 is 0 Å². The number of hydrogen-bond donors (Lipinski definition) is 1. The Morgan fingerprint density at radius 1 is 1.22 bits per heavy atom. The smallest absolute Gasteiger partial charge is 0.350 e. The van der Waals surface area contributed by atoms with Crippen molar-refractivity contribution < 1.29 is 28.6 Å². The third kappa shape index (κ3) is 3.88. The van der Waals surface area contributed by atoms with E-state index in [4.69, 9.17) is 14.2 Å². The molecule has 23 heavy (non-hydrogen) atoms. The Morgan fingerprint density at radius 2 is 1.83 bits per heavy atom. The van der Waals surface area contributed by atoms with Gasteiger partial charge in [-0.25, -0.2) is 14.4 Å². The van der Waals surface area contributed by atoms with Gasteiger partial charge in [0.25, 0.3) is 5.79 Å². The van der Waals surface area contributed by atoms with E-state index in [2.05, 4.69) is 5.32 Å². The zero-order chi connectivity index (χ0) is 17.0. The van der Waals surface area contributed by atoms with E-state index >= 15 is 0 Å². The minimum Gasteiger partial charge on any atom is -0.462 e. The summed E-state index contributed by atoms with van der Waals surface area (Å²) in [5.74, 6) is -3.40. The predicted octanol–water partition coefficient (Wildman–Crippen LogP) is 2.00. The van der Waals surface area contributed by atoms with Crippen molar-refractivity contribution in [2.45, 2.75) is 26.6 Å². The summed E-state index contributed by atoms with van der Waals surface area (Å²) in [5.41, 5.74) is 0.385. The van der Waals surface area contributed by atoms with Gasteiger partial charge in [-0.15, -0.1) is 0 Å². The Balaban J connectivity index is 2.22. The Kier molecular flexibility index (Phi) is 4.68. The minimum atomic E-state index is -1.30. The first-order chi connectivity index (χ1) is 10.8. The molecule has 122 valence electrons. The maximum Gasteiger partial charge on any atom is 0.350 e. The number of carbonyl (C=O) groups excluding carboxylic acids is 3. The number of anilines is 1. The standard InChI is InChI=1S/C16H17NO6/c1-4-21-13(18)10-7-5-6-8-12(10)17-9-11-14(19)22-16(2,3)23-15(11)20/h5-9,17H,4H2,1-3H3. The summed E-state index contributed by atoms with van der Waals surface area (Å²) >= 11 is 0. The number of esters is 3. The third-order valence-electron chi connectivity index (χ3n) is 2.91. The minimum absolute atomic E-state index is 0.238. The van der Waals surface area contributed by atoms with Gasteiger partial charge in [0, 0.05) is 20.0 Å². The molecule has 1 fully saturated rings. The van der Waals surface area contributed by atoms with Gasteiger partial charge in [0.2, 0.25) is 0 Å². The molecule has 0 spiro atoms. The second-order valence-corrected chi connectivity index (χ2v) is 5.15. The number of cyclic esters (lactones) is 2. The molecule has 0 saturated carbocycles. The molecule has 0 bridgehead atoms. The summed E-state index contributed by atoms with van der Waals surface area (Å²) in [4.78, 5) is 35.5. The van der Waals surface area contributed by atoms with E-state index in [9.17, 15) is 14.4 Å². The Hall–Kier alpha value is -2.83. The van der Waals surface area contributed by atoms with E-state index in [-0.39, 0.29) is 17.7 Å². The van der Waals surface area contributed by atoms with Gasteiger partial charge in [0.05, 0.1) is 17.9 Å². The number of carbonyl (C=O) groups is 3. The summed E-state index contributed by atoms with van der Waals surface area (Å²) in [6.45, 7) is 4.86. The van der Waals surface area contributed by atoms with Crippen LogP contribution < -0.4 is 5.32 Å². The molecule has 0 unspecified atom stereocenters. The first-order valence-electron chi connectivity index (χ1n) is 7.03. The van der Waals surface area contributed by atoms with E-state index in [0.717, 1.165) is 6.20 Å². The molecule has 1 saturated heterocycles. The molecule has 0 aromatic heterocycles. The SMILES string of the molecule is CCOC(=O)c1ccccc1NC=C1C(=O)OC(C)(C)OC1=O. The van der Waals surface area contributed by atoms with E-state index in [0.29, 0.717) is 5.69 Å². The summed E-state index contributed by atoms with van der Waals surface area (Å²) in [6.07, 6.45) is 1.15. The van der Waals surface area contributed by atoms with Crippen molar-refractivity contribution in [3.63, 3.8) is 0 Å². The molecule has 7 heteroatoms. The molecule has 1 N–H and O–H groups in total. The number of para-hydroxylation sites is 1. The van der Waals surface area contributed by atoms with Crippen LogP contribution in [-0.2, 0) is 23.8 Å². The lowest BCUT2D eigenvalue weighted by Crippen LogP contribution is -2.42. The van der Waals surface area contributed by atoms with Crippen LogP contribution in [0.3, 0.4) is 0 Å². The topological polar surface area (TPSA) is 90.9 Å². The highest BCUT2D eigenvalue weighted by molar-refractivity contribution is 6.15. The first kappa shape index (κ1) is 16.5. The van der Waals surface area contributed by atoms with E-state index in [1.807, 2.05) is 0 Å². The highest BCUT2D eigenvalue weighted by Crippen LogP contribution is 2.23. The largest absolute Gasteiger partial charge is 0.462 e. The molecular formula is C16H17NO6. The highest BCUT2D eigenvalue weighted by Gasteiger charge is 2.39. The van der Waals surface area contributed by atoms with Gasteiger partial charge in [-0.1, -0.05) is 12.1 Å². The van der Waals surface area contributed by atoms with Crippen LogP contribution in [0.5, 0.6) is 0 Å². The van der Waals surface area contributed by atoms with Gasteiger partial charge in [0.1, 0.15) is 0 Å². The fraction of sp³-hybridized carbons (Fsp3) is 0.312. The zero-order valence-electron chi connectivity index (χ0n) is 13.0. The van der Waals surface area contributed by atoms with Crippen molar-refractivity contribution in [3.05, 3.63) is 41.6 Å². The number of rotatable bonds is 4. The molecule has 7 nitrogen and oxygen atoms in total. The second-order valence-electron chi connectivity index (χ2n) is 5.15. The average Bonchev–Trinajstić information content (AvgIpc) is 2.45. The predicted molar refractivity (Wildman–Crippen MR) is 80.4 cm³/mol. The molecule has 0 radical (unpaired) electrons. The molecule has 1 aromatic carbocycles. The van der Waals surface area contributed by atoms with Crippen LogP contribution in [0.1, 0.15) is 31.1 Å². The summed E-state index contributed by atoms with van der Waals surface area (Å²) < 4.78 is 14.9. The molecule has 0 aliphatic carbocycles. The van der Waals surface area contributed by atoms with Crippen molar-refractivity contribution in [2.75, 3.05) is 11.9 Å². The monoisotopic (exact) mass is 319 g/mol. The number of hydrogen-bond acceptors (Lipinski definition) is 7. The van der Waals surface area contributed by atoms with Gasteiger partial charge < -0.3 is 19.5 Å². The Morgan fingerprint density at radius 3 is 2.43 bits per heavy atom. The summed E-state index contributed by atoms with van der Waals surface area (Å²) in [6, 6.07) is 6.56. The van der Waals surface area contributed by atoms with Crippen molar-refractivity contribution in [3.8, 4) is 0 Å². The lowest BCUT2D eigenvalue weighted by atomic mass is 10.1. The molecule has 1 heterocycles. The van der Waals surface area contributed by atoms with E-state index in [1.165, 1.54) is 13.8 Å². The average molecular weight is 319 g/mol. The Bertz CT molecular complexity index is 655. The van der Waals surface area contributed by atoms with Crippen LogP contribution in [0.4, 0.5) is 5.69 Å². The van der Waals surface area contributed by atoms with Gasteiger partial charge in [-0.2, -0.15) is 0 Å². The van der Waals surface area contributed by atoms with E-state index in [1.54, 1.807) is 31.2 Å². The maximum atomic E-state index is 11.9. The fourth-order valence-corrected chi connectivity index (χ4v) is 1.92. The van der Waals surface area contributed by atoms with Crippen molar-refractivity contribution in [2.24, 2.45) is 0 Å². The van der Waals surface area contributed by atoms with Crippen LogP contribution in [0, 0.1) is 0 Å². The normalized spacial score (nSPS) is 16.2. The summed E-state index contributed by atoms with van der Waals surface area (Å²) in [7, 11) is 0. The van der Waals surface area contributed by atoms with Crippen LogP contribution in [-0.4, -0.2) is 30.3 Å². The molecule has 1 aromatic rings. The van der Waals surface area contributed by atoms with Gasteiger partial charge in [-0.05, 0) is 19.1 Å². The van der Waals surface area contributed by atoms with Crippen LogP contribution in [0.15, 0.2) is 36.0 Å². The molecule has 0 amide bonds. The number of ether oxygens (including phenoxy) is 3. The van der Waals surface area contributed by atoms with Crippen molar-refractivity contribution in [1.29, 1.82) is 0 Å². The molecule has 2 rings (SSSR count). The summed E-state index contributed by atoms with van der Waals surface area (Å²) in [5, 5.41) is 2.75. The Labute approximate surface area is 133 Å². The quantitative estimate of drug-likeness (QED) is 0.515. The first-order valence-corrected chi connectivity index (χ1v) is 7.03. The van der Waals surface area contributed by atoms with Crippen LogP contribution in [0.2, 0.25) is 0 Å². The second kappa shape index (κ2) is 6.51. The molecule has 1 aliphatic heterocycles. The lowest BCUT2D eigenvalue weighted by Gasteiger charge is -2.29. The maximum absolute atomic E-state index is 11.9. The van der Waals surface area contributed by atoms with Gasteiger partial charge in [0.15, 0.2) is 5.57 Å². The number of benzene rings is 1. The highest BCUT2D eigenvalue weighted by atomic mass is 16.7.